The third kappa shape index (κ3) is 0.858. The molecule has 0 aromatic heterocycles. The van der Waals surface area contributed by atoms with Crippen LogP contribution in [0.3, 0.4) is 0 Å². The Balaban J connectivity index is 1.99. The van der Waals surface area contributed by atoms with E-state index in [0.717, 1.165) is 18.3 Å². The van der Waals surface area contributed by atoms with Crippen LogP contribution in [0.25, 0.3) is 0 Å². The van der Waals surface area contributed by atoms with Gasteiger partial charge in [-0.2, -0.15) is 0 Å². The smallest absolute Gasteiger partial charge is 0.136 e. The minimum absolute atomic E-state index is 0.469. The van der Waals surface area contributed by atoms with Crippen molar-refractivity contribution in [2.75, 3.05) is 0 Å². The van der Waals surface area contributed by atoms with Crippen molar-refractivity contribution in [1.82, 2.24) is 0 Å². The number of hydrogen-bond acceptors (Lipinski definition) is 1. The average Bonchev–Trinajstić information content (AvgIpc) is 2.64. The highest BCUT2D eigenvalue weighted by Crippen LogP contribution is 2.63. The molecule has 0 saturated heterocycles. The fourth-order valence-electron chi connectivity index (χ4n) is 4.34. The lowest BCUT2D eigenvalue weighted by Gasteiger charge is -2.38. The average molecular weight is 178 g/mol. The van der Waals surface area contributed by atoms with Crippen molar-refractivity contribution in [3.63, 3.8) is 0 Å². The molecule has 3 fully saturated rings. The van der Waals surface area contributed by atoms with Crippen molar-refractivity contribution in [1.29, 1.82) is 0 Å². The summed E-state index contributed by atoms with van der Waals surface area (Å²) < 4.78 is 0. The molecule has 13 heavy (non-hydrogen) atoms. The van der Waals surface area contributed by atoms with E-state index in [1.807, 2.05) is 0 Å². The van der Waals surface area contributed by atoms with Crippen molar-refractivity contribution >= 4 is 5.78 Å². The Bertz CT molecular complexity index is 258. The second-order valence-corrected chi connectivity index (χ2v) is 5.52. The highest BCUT2D eigenvalue weighted by Gasteiger charge is 2.56. The van der Waals surface area contributed by atoms with Gasteiger partial charge in [-0.3, -0.25) is 4.79 Å². The lowest BCUT2D eigenvalue weighted by molar-refractivity contribution is -0.127. The molecule has 0 radical (unpaired) electrons. The van der Waals surface area contributed by atoms with Crippen molar-refractivity contribution in [2.24, 2.45) is 23.2 Å². The number of hydrogen-bond donors (Lipinski definition) is 0. The van der Waals surface area contributed by atoms with Crippen LogP contribution in [-0.2, 0) is 4.79 Å². The number of ketones is 1. The fourth-order valence-corrected chi connectivity index (χ4v) is 4.34. The monoisotopic (exact) mass is 178 g/mol. The molecule has 0 aromatic carbocycles. The van der Waals surface area contributed by atoms with Crippen molar-refractivity contribution in [3.05, 3.63) is 0 Å². The van der Waals surface area contributed by atoms with Gasteiger partial charge < -0.3 is 0 Å². The number of carbonyl (C=O) groups is 1. The summed E-state index contributed by atoms with van der Waals surface area (Å²) in [6.45, 7) is 2.41. The highest BCUT2D eigenvalue weighted by molar-refractivity contribution is 5.83. The summed E-state index contributed by atoms with van der Waals surface area (Å²) in [6, 6.07) is 0. The lowest BCUT2D eigenvalue weighted by Crippen LogP contribution is -2.34. The molecule has 0 aliphatic heterocycles. The molecule has 1 heteroatoms. The third-order valence-corrected chi connectivity index (χ3v) is 5.23. The van der Waals surface area contributed by atoms with Gasteiger partial charge in [-0.25, -0.2) is 0 Å². The molecule has 1 spiro atoms. The van der Waals surface area contributed by atoms with Gasteiger partial charge in [0.15, 0.2) is 0 Å². The first-order valence-electron chi connectivity index (χ1n) is 5.75. The standard InChI is InChI=1S/C12H18O/c1-8-2-3-10-6-11(13)9-4-5-12(8,10)7-9/h8-10H,2-7H2,1H3/t8-,9+,10-,12-/m1/s1. The molecule has 0 amide bonds. The summed E-state index contributed by atoms with van der Waals surface area (Å²) in [5.74, 6) is 2.73. The largest absolute Gasteiger partial charge is 0.299 e. The maximum absolute atomic E-state index is 11.7. The van der Waals surface area contributed by atoms with Crippen molar-refractivity contribution < 1.29 is 4.79 Å². The molecular formula is C12H18O. The first kappa shape index (κ1) is 8.02. The zero-order chi connectivity index (χ0) is 9.05. The topological polar surface area (TPSA) is 17.1 Å². The van der Waals surface area contributed by atoms with Crippen LogP contribution in [0.4, 0.5) is 0 Å². The van der Waals surface area contributed by atoms with E-state index in [4.69, 9.17) is 0 Å². The number of carbonyl (C=O) groups excluding carboxylic acids is 1. The minimum atomic E-state index is 0.469. The first-order chi connectivity index (χ1) is 6.22. The highest BCUT2D eigenvalue weighted by atomic mass is 16.1. The molecule has 72 valence electrons. The molecule has 0 unspecified atom stereocenters. The van der Waals surface area contributed by atoms with E-state index in [0.29, 0.717) is 17.1 Å². The second-order valence-electron chi connectivity index (χ2n) is 5.52. The van der Waals surface area contributed by atoms with Gasteiger partial charge in [0.2, 0.25) is 0 Å². The van der Waals surface area contributed by atoms with Gasteiger partial charge in [0.05, 0.1) is 0 Å². The molecule has 0 N–H and O–H groups in total. The molecule has 3 aliphatic carbocycles. The van der Waals surface area contributed by atoms with Crippen LogP contribution in [0.5, 0.6) is 0 Å². The predicted octanol–water partition coefficient (Wildman–Crippen LogP) is 2.79. The molecule has 4 atom stereocenters. The molecule has 2 bridgehead atoms. The third-order valence-electron chi connectivity index (χ3n) is 5.23. The van der Waals surface area contributed by atoms with Gasteiger partial charge in [0.1, 0.15) is 5.78 Å². The number of Topliss-reactive ketones (excluding diaryl/α,β-unsaturated/α-hetero) is 1. The van der Waals surface area contributed by atoms with Crippen LogP contribution in [0.1, 0.15) is 45.4 Å². The molecule has 1 nitrogen and oxygen atoms in total. The SMILES string of the molecule is C[C@@H]1CC[C@@H]2CC(=O)[C@H]3CC[C@]21C3. The molecular weight excluding hydrogens is 160 g/mol. The Morgan fingerprint density at radius 3 is 3.00 bits per heavy atom. The molecule has 3 saturated carbocycles. The van der Waals surface area contributed by atoms with Crippen LogP contribution < -0.4 is 0 Å². The van der Waals surface area contributed by atoms with Gasteiger partial charge in [-0.15, -0.1) is 0 Å². The van der Waals surface area contributed by atoms with E-state index in [1.165, 1.54) is 32.1 Å². The molecule has 0 heterocycles. The van der Waals surface area contributed by atoms with Gasteiger partial charge in [-0.1, -0.05) is 6.92 Å². The maximum atomic E-state index is 11.7. The maximum Gasteiger partial charge on any atom is 0.136 e. The minimum Gasteiger partial charge on any atom is -0.299 e. The van der Waals surface area contributed by atoms with Crippen molar-refractivity contribution in [3.8, 4) is 0 Å². The van der Waals surface area contributed by atoms with Crippen molar-refractivity contribution in [2.45, 2.75) is 45.4 Å². The fraction of sp³-hybridized carbons (Fsp3) is 0.917. The summed E-state index contributed by atoms with van der Waals surface area (Å²) >= 11 is 0. The Morgan fingerprint density at radius 1 is 1.31 bits per heavy atom. The van der Waals surface area contributed by atoms with E-state index in [2.05, 4.69) is 6.92 Å². The summed E-state index contributed by atoms with van der Waals surface area (Å²) in [4.78, 5) is 11.7. The zero-order valence-electron chi connectivity index (χ0n) is 8.38. The van der Waals surface area contributed by atoms with Crippen LogP contribution in [0, 0.1) is 23.2 Å². The van der Waals surface area contributed by atoms with Crippen LogP contribution in [0.2, 0.25) is 0 Å². The first-order valence-corrected chi connectivity index (χ1v) is 5.75. The van der Waals surface area contributed by atoms with Crippen LogP contribution in [0.15, 0.2) is 0 Å². The summed E-state index contributed by atoms with van der Waals surface area (Å²) in [6.07, 6.45) is 7.45. The number of rotatable bonds is 0. The van der Waals surface area contributed by atoms with Crippen LogP contribution >= 0.6 is 0 Å². The predicted molar refractivity (Wildman–Crippen MR) is 51.3 cm³/mol. The molecule has 3 aliphatic rings. The second kappa shape index (κ2) is 2.37. The zero-order valence-corrected chi connectivity index (χ0v) is 8.38. The van der Waals surface area contributed by atoms with Crippen LogP contribution in [-0.4, -0.2) is 5.78 Å². The summed E-state index contributed by atoms with van der Waals surface area (Å²) in [5.41, 5.74) is 0.624. The van der Waals surface area contributed by atoms with E-state index in [1.54, 1.807) is 0 Å². The quantitative estimate of drug-likeness (QED) is 0.557. The normalized spacial score (nSPS) is 53.9. The Morgan fingerprint density at radius 2 is 2.15 bits per heavy atom. The van der Waals surface area contributed by atoms with E-state index in [-0.39, 0.29) is 0 Å². The summed E-state index contributed by atoms with van der Waals surface area (Å²) in [7, 11) is 0. The van der Waals surface area contributed by atoms with E-state index >= 15 is 0 Å². The molecule has 3 rings (SSSR count). The molecule has 0 aromatic rings. The lowest BCUT2D eigenvalue weighted by atomic mass is 9.66. The van der Waals surface area contributed by atoms with Gasteiger partial charge >= 0.3 is 0 Å². The Hall–Kier alpha value is -0.330. The number of fused-ring (bicyclic) bond motifs is 1. The summed E-state index contributed by atoms with van der Waals surface area (Å²) in [5, 5.41) is 0. The van der Waals surface area contributed by atoms with E-state index in [9.17, 15) is 4.79 Å². The van der Waals surface area contributed by atoms with Gasteiger partial charge in [0.25, 0.3) is 0 Å². The van der Waals surface area contributed by atoms with E-state index < -0.39 is 0 Å². The van der Waals surface area contributed by atoms with Gasteiger partial charge in [-0.05, 0) is 49.4 Å². The Labute approximate surface area is 79.9 Å². The Kier molecular flexibility index (Phi) is 1.46. The van der Waals surface area contributed by atoms with Gasteiger partial charge in [0, 0.05) is 12.3 Å².